The molecule has 0 atom stereocenters. The van der Waals surface area contributed by atoms with E-state index in [4.69, 9.17) is 4.74 Å². The van der Waals surface area contributed by atoms with E-state index in [1.54, 1.807) is 11.1 Å². The Morgan fingerprint density at radius 2 is 2.00 bits per heavy atom. The molecule has 1 heterocycles. The first-order chi connectivity index (χ1) is 12.6. The van der Waals surface area contributed by atoms with Crippen LogP contribution in [-0.2, 0) is 27.3 Å². The van der Waals surface area contributed by atoms with Gasteiger partial charge in [0.05, 0.1) is 25.8 Å². The fraction of sp³-hybridized carbons (Fsp3) is 0.350. The maximum atomic E-state index is 12.6. The Morgan fingerprint density at radius 3 is 2.69 bits per heavy atom. The molecule has 1 aromatic heterocycles. The summed E-state index contributed by atoms with van der Waals surface area (Å²) in [5.41, 5.74) is 1.89. The van der Waals surface area contributed by atoms with Gasteiger partial charge < -0.3 is 14.4 Å². The molecule has 6 heteroatoms. The third-order valence-corrected chi connectivity index (χ3v) is 3.91. The van der Waals surface area contributed by atoms with Crippen LogP contribution in [0.5, 0.6) is 5.75 Å². The molecule has 0 spiro atoms. The van der Waals surface area contributed by atoms with Crippen molar-refractivity contribution in [2.24, 2.45) is 0 Å². The molecule has 0 unspecified atom stereocenters. The number of pyridine rings is 1. The van der Waals surface area contributed by atoms with Crippen LogP contribution in [0.15, 0.2) is 48.7 Å². The summed E-state index contributed by atoms with van der Waals surface area (Å²) in [5, 5.41) is 0. The zero-order valence-electron chi connectivity index (χ0n) is 15.2. The van der Waals surface area contributed by atoms with Crippen molar-refractivity contribution < 1.29 is 19.1 Å². The zero-order chi connectivity index (χ0) is 18.8. The normalized spacial score (nSPS) is 10.2. The van der Waals surface area contributed by atoms with Gasteiger partial charge >= 0.3 is 5.97 Å². The second-order valence-corrected chi connectivity index (χ2v) is 5.75. The summed E-state index contributed by atoms with van der Waals surface area (Å²) in [6.07, 6.45) is 2.70. The molecule has 26 heavy (non-hydrogen) atoms. The van der Waals surface area contributed by atoms with Crippen LogP contribution in [0.1, 0.15) is 24.6 Å². The number of carbonyl (C=O) groups excluding carboxylic acids is 2. The van der Waals surface area contributed by atoms with E-state index in [1.807, 2.05) is 42.5 Å². The van der Waals surface area contributed by atoms with Crippen molar-refractivity contribution in [2.45, 2.75) is 26.3 Å². The summed E-state index contributed by atoms with van der Waals surface area (Å²) >= 11 is 0. The van der Waals surface area contributed by atoms with Gasteiger partial charge in [0.15, 0.2) is 6.61 Å². The van der Waals surface area contributed by atoms with Crippen molar-refractivity contribution in [3.05, 3.63) is 59.9 Å². The van der Waals surface area contributed by atoms with Crippen molar-refractivity contribution in [1.82, 2.24) is 9.88 Å². The fourth-order valence-corrected chi connectivity index (χ4v) is 2.40. The monoisotopic (exact) mass is 356 g/mol. The Labute approximate surface area is 153 Å². The Bertz CT molecular complexity index is 719. The molecule has 0 aliphatic heterocycles. The van der Waals surface area contributed by atoms with Crippen LogP contribution in [0.25, 0.3) is 0 Å². The molecular formula is C20H24N2O4. The average molecular weight is 356 g/mol. The predicted octanol–water partition coefficient (Wildman–Crippen LogP) is 2.61. The number of aryl methyl sites for hydroxylation is 1. The van der Waals surface area contributed by atoms with Gasteiger partial charge in [-0.25, -0.2) is 0 Å². The summed E-state index contributed by atoms with van der Waals surface area (Å²) in [5.74, 6) is 0.0882. The Balaban J connectivity index is 1.99. The topological polar surface area (TPSA) is 68.7 Å². The summed E-state index contributed by atoms with van der Waals surface area (Å²) in [6, 6.07) is 13.2. The SMILES string of the molecule is CCc1cccc(OCC(=O)N(CCC(=O)OC)Cc2ccccn2)c1. The number of ether oxygens (including phenoxy) is 2. The molecule has 0 aliphatic carbocycles. The first-order valence-corrected chi connectivity index (χ1v) is 8.58. The van der Waals surface area contributed by atoms with Gasteiger partial charge in [0, 0.05) is 12.7 Å². The van der Waals surface area contributed by atoms with Crippen LogP contribution in [0.2, 0.25) is 0 Å². The Kier molecular flexibility index (Phi) is 7.61. The summed E-state index contributed by atoms with van der Waals surface area (Å²) in [7, 11) is 1.33. The molecule has 0 saturated carbocycles. The number of nitrogens with zero attached hydrogens (tertiary/aromatic N) is 2. The van der Waals surface area contributed by atoms with Gasteiger partial charge in [-0.1, -0.05) is 25.1 Å². The summed E-state index contributed by atoms with van der Waals surface area (Å²) in [6.45, 7) is 2.53. The number of esters is 1. The van der Waals surface area contributed by atoms with E-state index in [9.17, 15) is 9.59 Å². The quantitative estimate of drug-likeness (QED) is 0.646. The summed E-state index contributed by atoms with van der Waals surface area (Å²) < 4.78 is 10.3. The van der Waals surface area contributed by atoms with Gasteiger partial charge in [0.2, 0.25) is 0 Å². The lowest BCUT2D eigenvalue weighted by Gasteiger charge is -2.22. The molecule has 0 saturated heterocycles. The lowest BCUT2D eigenvalue weighted by molar-refractivity contribution is -0.142. The molecule has 138 valence electrons. The lowest BCUT2D eigenvalue weighted by Crippen LogP contribution is -2.36. The first kappa shape index (κ1) is 19.4. The van der Waals surface area contributed by atoms with Crippen molar-refractivity contribution >= 4 is 11.9 Å². The van der Waals surface area contributed by atoms with Gasteiger partial charge in [0.1, 0.15) is 5.75 Å². The van der Waals surface area contributed by atoms with Gasteiger partial charge in [0.25, 0.3) is 5.91 Å². The average Bonchev–Trinajstić information content (AvgIpc) is 2.69. The number of hydrogen-bond acceptors (Lipinski definition) is 5. The molecule has 6 nitrogen and oxygen atoms in total. The van der Waals surface area contributed by atoms with Crippen molar-refractivity contribution in [1.29, 1.82) is 0 Å². The fourth-order valence-electron chi connectivity index (χ4n) is 2.40. The zero-order valence-corrected chi connectivity index (χ0v) is 15.2. The van der Waals surface area contributed by atoms with Crippen LogP contribution in [-0.4, -0.2) is 42.0 Å². The van der Waals surface area contributed by atoms with E-state index in [2.05, 4.69) is 16.6 Å². The standard InChI is InChI=1S/C20H24N2O4/c1-3-16-7-6-9-18(13-16)26-15-19(23)22(12-10-20(24)25-2)14-17-8-4-5-11-21-17/h4-9,11,13H,3,10,12,14-15H2,1-2H3. The number of carbonyl (C=O) groups is 2. The lowest BCUT2D eigenvalue weighted by atomic mass is 10.2. The van der Waals surface area contributed by atoms with E-state index >= 15 is 0 Å². The van der Waals surface area contributed by atoms with E-state index in [0.717, 1.165) is 17.7 Å². The van der Waals surface area contributed by atoms with Crippen molar-refractivity contribution in [3.8, 4) is 5.75 Å². The summed E-state index contributed by atoms with van der Waals surface area (Å²) in [4.78, 5) is 29.8. The third-order valence-electron chi connectivity index (χ3n) is 3.91. The molecule has 2 rings (SSSR count). The third kappa shape index (κ3) is 6.20. The molecule has 2 aromatic rings. The largest absolute Gasteiger partial charge is 0.484 e. The maximum absolute atomic E-state index is 12.6. The maximum Gasteiger partial charge on any atom is 0.307 e. The molecule has 1 aromatic carbocycles. The van der Waals surface area contributed by atoms with E-state index in [-0.39, 0.29) is 31.4 Å². The molecule has 0 aliphatic rings. The first-order valence-electron chi connectivity index (χ1n) is 8.58. The highest BCUT2D eigenvalue weighted by atomic mass is 16.5. The minimum atomic E-state index is -0.361. The van der Waals surface area contributed by atoms with Gasteiger partial charge in [-0.2, -0.15) is 0 Å². The van der Waals surface area contributed by atoms with E-state index in [1.165, 1.54) is 7.11 Å². The molecule has 1 amide bonds. The molecule has 0 radical (unpaired) electrons. The molecule has 0 N–H and O–H groups in total. The van der Waals surface area contributed by atoms with Crippen LogP contribution < -0.4 is 4.74 Å². The molecular weight excluding hydrogens is 332 g/mol. The molecule has 0 bridgehead atoms. The van der Waals surface area contributed by atoms with Gasteiger partial charge in [-0.05, 0) is 36.2 Å². The number of aromatic nitrogens is 1. The molecule has 0 fully saturated rings. The predicted molar refractivity (Wildman–Crippen MR) is 97.6 cm³/mol. The Morgan fingerprint density at radius 1 is 1.15 bits per heavy atom. The second kappa shape index (κ2) is 10.2. The highest BCUT2D eigenvalue weighted by molar-refractivity contribution is 5.78. The minimum absolute atomic E-state index is 0.0961. The smallest absolute Gasteiger partial charge is 0.307 e. The van der Waals surface area contributed by atoms with Crippen LogP contribution in [0, 0.1) is 0 Å². The highest BCUT2D eigenvalue weighted by Gasteiger charge is 2.17. The van der Waals surface area contributed by atoms with Gasteiger partial charge in [-0.15, -0.1) is 0 Å². The number of rotatable bonds is 9. The number of hydrogen-bond donors (Lipinski definition) is 0. The van der Waals surface area contributed by atoms with E-state index in [0.29, 0.717) is 12.3 Å². The minimum Gasteiger partial charge on any atom is -0.484 e. The van der Waals surface area contributed by atoms with Crippen molar-refractivity contribution in [2.75, 3.05) is 20.3 Å². The highest BCUT2D eigenvalue weighted by Crippen LogP contribution is 2.14. The van der Waals surface area contributed by atoms with Crippen LogP contribution in [0.4, 0.5) is 0 Å². The van der Waals surface area contributed by atoms with Crippen molar-refractivity contribution in [3.63, 3.8) is 0 Å². The van der Waals surface area contributed by atoms with Crippen LogP contribution in [0.3, 0.4) is 0 Å². The Hall–Kier alpha value is -2.89. The van der Waals surface area contributed by atoms with E-state index < -0.39 is 0 Å². The van der Waals surface area contributed by atoms with Gasteiger partial charge in [-0.3, -0.25) is 14.6 Å². The number of methoxy groups -OCH3 is 1. The van der Waals surface area contributed by atoms with Crippen LogP contribution >= 0.6 is 0 Å². The number of benzene rings is 1. The second-order valence-electron chi connectivity index (χ2n) is 5.75. The number of amides is 1.